The summed E-state index contributed by atoms with van der Waals surface area (Å²) in [4.78, 5) is 21.4. The number of imidazole rings is 1. The van der Waals surface area contributed by atoms with E-state index in [2.05, 4.69) is 9.88 Å². The largest absolute Gasteiger partial charge is 0.494 e. The minimum Gasteiger partial charge on any atom is -0.494 e. The van der Waals surface area contributed by atoms with Crippen molar-refractivity contribution in [3.63, 3.8) is 0 Å². The molecule has 0 aliphatic carbocycles. The number of piperazine rings is 1. The Morgan fingerprint density at radius 1 is 1.10 bits per heavy atom. The molecule has 0 spiro atoms. The zero-order valence-corrected chi connectivity index (χ0v) is 17.0. The average molecular weight is 411 g/mol. The first kappa shape index (κ1) is 19.3. The molecule has 0 atom stereocenters. The van der Waals surface area contributed by atoms with Crippen molar-refractivity contribution in [1.29, 1.82) is 0 Å². The molecule has 2 aromatic carbocycles. The molecule has 0 saturated carbocycles. The van der Waals surface area contributed by atoms with Crippen molar-refractivity contribution >= 4 is 23.5 Å². The van der Waals surface area contributed by atoms with Gasteiger partial charge in [0.05, 0.1) is 6.61 Å². The zero-order chi connectivity index (χ0) is 20.2. The van der Waals surface area contributed by atoms with Crippen LogP contribution in [0.5, 0.6) is 5.75 Å². The third-order valence-corrected chi connectivity index (χ3v) is 5.20. The number of carbonyl (C=O) groups excluding carboxylic acids is 1. The highest BCUT2D eigenvalue weighted by atomic mass is 35.5. The van der Waals surface area contributed by atoms with Gasteiger partial charge in [-0.2, -0.15) is 0 Å². The zero-order valence-electron chi connectivity index (χ0n) is 16.3. The van der Waals surface area contributed by atoms with Crippen molar-refractivity contribution in [1.82, 2.24) is 14.5 Å². The predicted molar refractivity (Wildman–Crippen MR) is 114 cm³/mol. The molecule has 3 aromatic rings. The molecule has 1 aliphatic heterocycles. The van der Waals surface area contributed by atoms with Crippen molar-refractivity contribution in [2.45, 2.75) is 6.92 Å². The lowest BCUT2D eigenvalue weighted by Gasteiger charge is -2.35. The summed E-state index contributed by atoms with van der Waals surface area (Å²) in [6.45, 7) is 5.29. The number of nitrogens with zero attached hydrogens (tertiary/aromatic N) is 4. The molecule has 0 unspecified atom stereocenters. The Morgan fingerprint density at radius 3 is 2.55 bits per heavy atom. The second-order valence-corrected chi connectivity index (χ2v) is 7.25. The Hall–Kier alpha value is -2.99. The number of aromatic nitrogens is 2. The van der Waals surface area contributed by atoms with Crippen molar-refractivity contribution in [2.24, 2.45) is 0 Å². The maximum Gasteiger partial charge on any atom is 0.253 e. The fourth-order valence-corrected chi connectivity index (χ4v) is 3.69. The molecule has 0 N–H and O–H groups in total. The van der Waals surface area contributed by atoms with Gasteiger partial charge in [0, 0.05) is 54.8 Å². The molecule has 1 aromatic heterocycles. The van der Waals surface area contributed by atoms with Crippen molar-refractivity contribution in [2.75, 3.05) is 37.7 Å². The molecule has 0 bridgehead atoms. The molecule has 1 aliphatic rings. The van der Waals surface area contributed by atoms with Crippen LogP contribution in [0.4, 0.5) is 5.95 Å². The van der Waals surface area contributed by atoms with Crippen LogP contribution in [0.1, 0.15) is 17.3 Å². The highest BCUT2D eigenvalue weighted by molar-refractivity contribution is 6.30. The Kier molecular flexibility index (Phi) is 5.71. The summed E-state index contributed by atoms with van der Waals surface area (Å²) in [5.41, 5.74) is 1.65. The van der Waals surface area contributed by atoms with Gasteiger partial charge in [-0.1, -0.05) is 17.7 Å². The first-order chi connectivity index (χ1) is 14.2. The van der Waals surface area contributed by atoms with Crippen LogP contribution in [0.15, 0.2) is 60.9 Å². The Morgan fingerprint density at radius 2 is 1.86 bits per heavy atom. The molecule has 1 fully saturated rings. The molecule has 0 radical (unpaired) electrons. The number of halogens is 1. The van der Waals surface area contributed by atoms with Crippen LogP contribution in [0, 0.1) is 0 Å². The van der Waals surface area contributed by atoms with E-state index in [0.29, 0.717) is 30.3 Å². The van der Waals surface area contributed by atoms with Crippen LogP contribution in [0.2, 0.25) is 5.02 Å². The lowest BCUT2D eigenvalue weighted by atomic mass is 10.1. The predicted octanol–water partition coefficient (Wildman–Crippen LogP) is 3.89. The summed E-state index contributed by atoms with van der Waals surface area (Å²) in [6, 6.07) is 15.0. The molecule has 1 saturated heterocycles. The van der Waals surface area contributed by atoms with E-state index >= 15 is 0 Å². The molecule has 4 rings (SSSR count). The molecular formula is C22H23ClN4O2. The highest BCUT2D eigenvalue weighted by Crippen LogP contribution is 2.22. The molecule has 7 heteroatoms. The molecule has 29 heavy (non-hydrogen) atoms. The number of carbonyl (C=O) groups is 1. The summed E-state index contributed by atoms with van der Waals surface area (Å²) in [5, 5.41) is 0.688. The van der Waals surface area contributed by atoms with E-state index in [1.165, 1.54) is 0 Å². The number of amides is 1. The lowest BCUT2D eigenvalue weighted by Crippen LogP contribution is -2.49. The average Bonchev–Trinajstić information content (AvgIpc) is 3.24. The molecule has 2 heterocycles. The summed E-state index contributed by atoms with van der Waals surface area (Å²) in [5.74, 6) is 1.69. The van der Waals surface area contributed by atoms with Crippen LogP contribution in [0.3, 0.4) is 0 Å². The van der Waals surface area contributed by atoms with E-state index in [4.69, 9.17) is 16.3 Å². The van der Waals surface area contributed by atoms with E-state index in [1.54, 1.807) is 6.20 Å². The van der Waals surface area contributed by atoms with Crippen molar-refractivity contribution < 1.29 is 9.53 Å². The first-order valence-corrected chi connectivity index (χ1v) is 10.1. The Bertz CT molecular complexity index is 978. The van der Waals surface area contributed by atoms with Gasteiger partial charge in [-0.25, -0.2) is 4.98 Å². The van der Waals surface area contributed by atoms with Gasteiger partial charge in [0.15, 0.2) is 0 Å². The van der Waals surface area contributed by atoms with E-state index < -0.39 is 0 Å². The Labute approximate surface area is 175 Å². The maximum absolute atomic E-state index is 12.8. The summed E-state index contributed by atoms with van der Waals surface area (Å²) in [7, 11) is 0. The van der Waals surface area contributed by atoms with Gasteiger partial charge >= 0.3 is 0 Å². The summed E-state index contributed by atoms with van der Waals surface area (Å²) in [6.07, 6.45) is 3.71. The molecule has 150 valence electrons. The third kappa shape index (κ3) is 4.22. The van der Waals surface area contributed by atoms with Crippen LogP contribution in [-0.4, -0.2) is 53.1 Å². The number of anilines is 1. The van der Waals surface area contributed by atoms with Crippen molar-refractivity contribution in [3.8, 4) is 11.4 Å². The van der Waals surface area contributed by atoms with Gasteiger partial charge in [0.1, 0.15) is 5.75 Å². The third-order valence-electron chi connectivity index (χ3n) is 4.97. The monoisotopic (exact) mass is 410 g/mol. The van der Waals surface area contributed by atoms with Gasteiger partial charge < -0.3 is 14.5 Å². The van der Waals surface area contributed by atoms with Gasteiger partial charge in [-0.05, 0) is 49.4 Å². The number of hydrogen-bond donors (Lipinski definition) is 0. The quantitative estimate of drug-likeness (QED) is 0.640. The molecule has 1 amide bonds. The SMILES string of the molecule is CCOc1ccc(C(=O)N2CCN(c3nccn3-c3cccc(Cl)c3)CC2)cc1. The van der Waals surface area contributed by atoms with Gasteiger partial charge in [-0.15, -0.1) is 0 Å². The number of benzene rings is 2. The maximum atomic E-state index is 12.8. The van der Waals surface area contributed by atoms with E-state index in [9.17, 15) is 4.79 Å². The lowest BCUT2D eigenvalue weighted by molar-refractivity contribution is 0.0746. The van der Waals surface area contributed by atoms with Crippen LogP contribution in [-0.2, 0) is 0 Å². The number of hydrogen-bond acceptors (Lipinski definition) is 4. The van der Waals surface area contributed by atoms with Crippen LogP contribution >= 0.6 is 11.6 Å². The summed E-state index contributed by atoms with van der Waals surface area (Å²) >= 11 is 6.14. The molecular weight excluding hydrogens is 388 g/mol. The fourth-order valence-electron chi connectivity index (χ4n) is 3.51. The number of rotatable bonds is 5. The van der Waals surface area contributed by atoms with E-state index in [1.807, 2.05) is 71.1 Å². The molecule has 6 nitrogen and oxygen atoms in total. The minimum absolute atomic E-state index is 0.0471. The van der Waals surface area contributed by atoms with Crippen LogP contribution in [0.25, 0.3) is 5.69 Å². The van der Waals surface area contributed by atoms with E-state index in [0.717, 1.165) is 30.5 Å². The first-order valence-electron chi connectivity index (χ1n) is 9.72. The normalized spacial score (nSPS) is 14.1. The smallest absolute Gasteiger partial charge is 0.253 e. The van der Waals surface area contributed by atoms with Gasteiger partial charge in [-0.3, -0.25) is 9.36 Å². The summed E-state index contributed by atoms with van der Waals surface area (Å²) < 4.78 is 7.47. The fraction of sp³-hybridized carbons (Fsp3) is 0.273. The standard InChI is InChI=1S/C22H23ClN4O2/c1-2-29-20-8-6-17(7-9-20)21(28)25-12-14-26(15-13-25)22-24-10-11-27(22)19-5-3-4-18(23)16-19/h3-11,16H,2,12-15H2,1H3. The number of ether oxygens (including phenoxy) is 1. The van der Waals surface area contributed by atoms with Gasteiger partial charge in [0.2, 0.25) is 5.95 Å². The minimum atomic E-state index is 0.0471. The topological polar surface area (TPSA) is 50.6 Å². The Balaban J connectivity index is 1.42. The van der Waals surface area contributed by atoms with E-state index in [-0.39, 0.29) is 5.91 Å². The van der Waals surface area contributed by atoms with Gasteiger partial charge in [0.25, 0.3) is 5.91 Å². The van der Waals surface area contributed by atoms with Crippen molar-refractivity contribution in [3.05, 3.63) is 71.5 Å². The highest BCUT2D eigenvalue weighted by Gasteiger charge is 2.24. The second kappa shape index (κ2) is 8.57. The van der Waals surface area contributed by atoms with Crippen LogP contribution < -0.4 is 9.64 Å². The second-order valence-electron chi connectivity index (χ2n) is 6.81.